The van der Waals surface area contributed by atoms with E-state index in [0.29, 0.717) is 12.5 Å². The van der Waals surface area contributed by atoms with Gasteiger partial charge in [-0.1, -0.05) is 135 Å². The van der Waals surface area contributed by atoms with Crippen LogP contribution in [0.2, 0.25) is 0 Å². The first-order valence-electron chi connectivity index (χ1n) is 24.2. The number of thiophene rings is 1. The van der Waals surface area contributed by atoms with Crippen LogP contribution in [0.4, 0.5) is 10.5 Å². The summed E-state index contributed by atoms with van der Waals surface area (Å²) < 4.78 is 19.1. The van der Waals surface area contributed by atoms with Crippen molar-refractivity contribution in [3.63, 3.8) is 0 Å². The van der Waals surface area contributed by atoms with Crippen LogP contribution in [0.1, 0.15) is 155 Å². The number of unbranched alkanes of at least 4 members (excludes halogenated alkanes) is 19. The maximum Gasteiger partial charge on any atom is 0.412 e. The molecule has 0 spiro atoms. The number of amides is 1. The maximum atomic E-state index is 13.3. The smallest absolute Gasteiger partial charge is 0.412 e. The monoisotopic (exact) mass is 843 g/mol. The standard InChI is InChI=1S/C51H78N4O4S/c1-3-5-7-9-11-13-15-17-19-21-34-55(35-22-20-18-16-14-12-10-8-6-4-2)51(56)59-43-58-50-31-29-44-28-30-45(42-47(44)52-50)57-40-24-23-33-53-36-38-54(39-37-53)48-26-25-27-49-46(48)32-41-60-49/h25-32,41-42H,3-24,33-40,43H2,1-2H3. The fourth-order valence-corrected chi connectivity index (χ4v) is 9.26. The zero-order chi connectivity index (χ0) is 41.9. The lowest BCUT2D eigenvalue weighted by Crippen LogP contribution is -2.46. The van der Waals surface area contributed by atoms with Crippen LogP contribution in [-0.2, 0) is 4.74 Å². The molecule has 0 radical (unpaired) electrons. The van der Waals surface area contributed by atoms with Crippen molar-refractivity contribution >= 4 is 44.1 Å². The highest BCUT2D eigenvalue weighted by Gasteiger charge is 2.19. The third kappa shape index (κ3) is 17.4. The molecule has 0 aliphatic carbocycles. The summed E-state index contributed by atoms with van der Waals surface area (Å²) in [5, 5.41) is 4.59. The Bertz CT molecular complexity index is 1720. The quantitative estimate of drug-likeness (QED) is 0.0358. The summed E-state index contributed by atoms with van der Waals surface area (Å²) in [6.07, 6.45) is 27.4. The van der Waals surface area contributed by atoms with E-state index in [9.17, 15) is 4.79 Å². The van der Waals surface area contributed by atoms with Crippen molar-refractivity contribution < 1.29 is 19.0 Å². The molecule has 0 atom stereocenters. The predicted molar refractivity (Wildman–Crippen MR) is 254 cm³/mol. The number of fused-ring (bicyclic) bond motifs is 2. The highest BCUT2D eigenvalue weighted by Crippen LogP contribution is 2.31. The highest BCUT2D eigenvalue weighted by molar-refractivity contribution is 7.17. The number of piperazine rings is 1. The lowest BCUT2D eigenvalue weighted by molar-refractivity contribution is 0.0323. The van der Waals surface area contributed by atoms with Gasteiger partial charge in [0, 0.05) is 72.6 Å². The first-order chi connectivity index (χ1) is 29.6. The van der Waals surface area contributed by atoms with Crippen molar-refractivity contribution in [2.75, 3.05) is 64.1 Å². The van der Waals surface area contributed by atoms with Gasteiger partial charge in [-0.15, -0.1) is 11.3 Å². The number of nitrogens with zero attached hydrogens (tertiary/aromatic N) is 4. The van der Waals surface area contributed by atoms with Gasteiger partial charge in [0.1, 0.15) is 5.75 Å². The molecule has 3 heterocycles. The van der Waals surface area contributed by atoms with Crippen molar-refractivity contribution in [2.45, 2.75) is 155 Å². The molecule has 2 aromatic carbocycles. The Labute approximate surface area is 367 Å². The SMILES string of the molecule is CCCCCCCCCCCCN(CCCCCCCCCCCC)C(=O)OCOc1ccc2ccc(OCCCCN3CCN(c4cccc5sccc45)CC3)cc2n1. The summed E-state index contributed by atoms with van der Waals surface area (Å²) in [5.41, 5.74) is 2.18. The number of benzene rings is 2. The molecule has 5 rings (SSSR count). The first kappa shape index (κ1) is 47.5. The van der Waals surface area contributed by atoms with Crippen LogP contribution in [0, 0.1) is 0 Å². The molecule has 9 heteroatoms. The lowest BCUT2D eigenvalue weighted by atomic mass is 10.1. The number of hydrogen-bond donors (Lipinski definition) is 0. The van der Waals surface area contributed by atoms with E-state index in [1.165, 1.54) is 119 Å². The van der Waals surface area contributed by atoms with Crippen molar-refractivity contribution in [3.8, 4) is 11.6 Å². The number of ether oxygens (including phenoxy) is 3. The number of carbonyl (C=O) groups is 1. The second-order valence-corrected chi connectivity index (χ2v) is 18.0. The second kappa shape index (κ2) is 28.9. The van der Waals surface area contributed by atoms with E-state index >= 15 is 0 Å². The number of carbonyl (C=O) groups excluding carboxylic acids is 1. The normalized spacial score (nSPS) is 13.3. The Morgan fingerprint density at radius 2 is 1.28 bits per heavy atom. The molecule has 0 N–H and O–H groups in total. The molecular formula is C51H78N4O4S. The van der Waals surface area contributed by atoms with E-state index in [2.05, 4.69) is 53.3 Å². The van der Waals surface area contributed by atoms with E-state index in [0.717, 1.165) is 101 Å². The minimum Gasteiger partial charge on any atom is -0.494 e. The van der Waals surface area contributed by atoms with Crippen molar-refractivity contribution in [1.29, 1.82) is 0 Å². The summed E-state index contributed by atoms with van der Waals surface area (Å²) in [7, 11) is 0. The Kier molecular flexibility index (Phi) is 22.9. The van der Waals surface area contributed by atoms with Gasteiger partial charge in [0.15, 0.2) is 0 Å². The Morgan fingerprint density at radius 3 is 1.93 bits per heavy atom. The van der Waals surface area contributed by atoms with Crippen LogP contribution in [0.3, 0.4) is 0 Å². The summed E-state index contributed by atoms with van der Waals surface area (Å²) in [5.74, 6) is 1.25. The van der Waals surface area contributed by atoms with Gasteiger partial charge in [-0.05, 0) is 74.0 Å². The molecule has 1 aliphatic heterocycles. The minimum atomic E-state index is -0.285. The maximum absolute atomic E-state index is 13.3. The molecule has 60 heavy (non-hydrogen) atoms. The molecule has 1 aliphatic rings. The first-order valence-corrected chi connectivity index (χ1v) is 25.0. The summed E-state index contributed by atoms with van der Waals surface area (Å²) >= 11 is 1.82. The lowest BCUT2D eigenvalue weighted by Gasteiger charge is -2.36. The van der Waals surface area contributed by atoms with Gasteiger partial charge in [-0.2, -0.15) is 0 Å². The van der Waals surface area contributed by atoms with Crippen LogP contribution in [-0.4, -0.2) is 80.1 Å². The summed E-state index contributed by atoms with van der Waals surface area (Å²) in [6, 6.07) is 18.8. The van der Waals surface area contributed by atoms with E-state index in [1.54, 1.807) is 0 Å². The van der Waals surface area contributed by atoms with Crippen molar-refractivity contribution in [1.82, 2.24) is 14.8 Å². The number of hydrogen-bond acceptors (Lipinski definition) is 8. The average Bonchev–Trinajstić information content (AvgIpc) is 3.76. The zero-order valence-electron chi connectivity index (χ0n) is 37.5. The molecule has 1 saturated heterocycles. The Morgan fingerprint density at radius 1 is 0.667 bits per heavy atom. The van der Waals surface area contributed by atoms with Gasteiger partial charge in [-0.25, -0.2) is 9.78 Å². The van der Waals surface area contributed by atoms with Crippen LogP contribution in [0.15, 0.2) is 60.0 Å². The third-order valence-electron chi connectivity index (χ3n) is 12.2. The molecule has 1 amide bonds. The van der Waals surface area contributed by atoms with Gasteiger partial charge in [-0.3, -0.25) is 4.90 Å². The molecule has 4 aromatic rings. The van der Waals surface area contributed by atoms with Gasteiger partial charge in [0.05, 0.1) is 12.1 Å². The fourth-order valence-electron chi connectivity index (χ4n) is 8.45. The largest absolute Gasteiger partial charge is 0.494 e. The fraction of sp³-hybridized carbons (Fsp3) is 0.647. The van der Waals surface area contributed by atoms with Gasteiger partial charge in [0.25, 0.3) is 0 Å². The van der Waals surface area contributed by atoms with Crippen molar-refractivity contribution in [2.24, 2.45) is 0 Å². The van der Waals surface area contributed by atoms with E-state index < -0.39 is 0 Å². The average molecular weight is 843 g/mol. The molecular weight excluding hydrogens is 765 g/mol. The predicted octanol–water partition coefficient (Wildman–Crippen LogP) is 14.0. The topological polar surface area (TPSA) is 67.4 Å². The molecule has 1 fully saturated rings. The minimum absolute atomic E-state index is 0.153. The molecule has 332 valence electrons. The Balaban J connectivity index is 0.979. The van der Waals surface area contributed by atoms with Gasteiger partial charge in [0.2, 0.25) is 12.7 Å². The molecule has 8 nitrogen and oxygen atoms in total. The third-order valence-corrected chi connectivity index (χ3v) is 13.1. The number of aromatic nitrogens is 1. The van der Waals surface area contributed by atoms with Crippen LogP contribution in [0.25, 0.3) is 21.0 Å². The number of rotatable bonds is 32. The van der Waals surface area contributed by atoms with E-state index in [4.69, 9.17) is 19.2 Å². The number of pyridine rings is 1. The molecule has 0 bridgehead atoms. The van der Waals surface area contributed by atoms with E-state index in [1.807, 2.05) is 46.6 Å². The van der Waals surface area contributed by atoms with Crippen LogP contribution in [0.5, 0.6) is 11.6 Å². The zero-order valence-corrected chi connectivity index (χ0v) is 38.3. The molecule has 2 aromatic heterocycles. The van der Waals surface area contributed by atoms with E-state index in [-0.39, 0.29) is 12.9 Å². The highest BCUT2D eigenvalue weighted by atomic mass is 32.1. The summed E-state index contributed by atoms with van der Waals surface area (Å²) in [4.78, 5) is 25.0. The van der Waals surface area contributed by atoms with Gasteiger partial charge >= 0.3 is 6.09 Å². The number of anilines is 1. The van der Waals surface area contributed by atoms with Crippen LogP contribution >= 0.6 is 11.3 Å². The van der Waals surface area contributed by atoms with Crippen molar-refractivity contribution in [3.05, 3.63) is 60.0 Å². The van der Waals surface area contributed by atoms with Gasteiger partial charge < -0.3 is 24.0 Å². The van der Waals surface area contributed by atoms with Crippen LogP contribution < -0.4 is 14.4 Å². The second-order valence-electron chi connectivity index (χ2n) is 17.0. The Hall–Kier alpha value is -3.56. The molecule has 0 saturated carbocycles. The summed E-state index contributed by atoms with van der Waals surface area (Å²) in [6.45, 7) is 12.0. The molecule has 0 unspecified atom stereocenters.